The molecule has 1 unspecified atom stereocenters. The van der Waals surface area contributed by atoms with E-state index in [0.717, 1.165) is 0 Å². The van der Waals surface area contributed by atoms with E-state index in [0.29, 0.717) is 6.04 Å². The van der Waals surface area contributed by atoms with E-state index in [9.17, 15) is 0 Å². The van der Waals surface area contributed by atoms with Crippen molar-refractivity contribution in [2.45, 2.75) is 90.9 Å². The largest absolute Gasteiger partial charge is 0.354 e. The van der Waals surface area contributed by atoms with Crippen molar-refractivity contribution < 1.29 is 9.47 Å². The molecule has 0 heterocycles. The average molecular weight is 302 g/mol. The number of nitrogens with zero attached hydrogens (tertiary/aromatic N) is 1. The second-order valence-corrected chi connectivity index (χ2v) is 6.00. The van der Waals surface area contributed by atoms with Crippen LogP contribution in [0.2, 0.25) is 0 Å². The Labute approximate surface area is 133 Å². The molecule has 0 saturated carbocycles. The summed E-state index contributed by atoms with van der Waals surface area (Å²) in [4.78, 5) is 2.62. The van der Waals surface area contributed by atoms with E-state index < -0.39 is 0 Å². The first-order chi connectivity index (χ1) is 10.2. The molecule has 0 N–H and O–H groups in total. The van der Waals surface area contributed by atoms with Crippen LogP contribution in [0.25, 0.3) is 0 Å². The number of unbranched alkanes of at least 4 members (excludes halogenated alkanes) is 5. The molecule has 0 spiro atoms. The van der Waals surface area contributed by atoms with Crippen molar-refractivity contribution in [3.8, 4) is 0 Å². The normalized spacial score (nSPS) is 13.3. The molecule has 128 valence electrons. The molecule has 21 heavy (non-hydrogen) atoms. The molecule has 0 fully saturated rings. The van der Waals surface area contributed by atoms with Gasteiger partial charge in [-0.3, -0.25) is 4.90 Å². The van der Waals surface area contributed by atoms with Crippen molar-refractivity contribution in [1.82, 2.24) is 4.90 Å². The minimum Gasteiger partial charge on any atom is -0.354 e. The lowest BCUT2D eigenvalue weighted by atomic mass is 10.1. The maximum atomic E-state index is 5.59. The minimum absolute atomic E-state index is 0.0974. The Morgan fingerprint density at radius 2 is 1.19 bits per heavy atom. The van der Waals surface area contributed by atoms with E-state index in [4.69, 9.17) is 9.47 Å². The molecule has 0 aliphatic carbocycles. The van der Waals surface area contributed by atoms with Crippen LogP contribution in [-0.2, 0) is 9.47 Å². The Kier molecular flexibility index (Phi) is 14.7. The number of rotatable bonds is 15. The van der Waals surface area contributed by atoms with Crippen molar-refractivity contribution in [3.63, 3.8) is 0 Å². The van der Waals surface area contributed by atoms with Crippen LogP contribution in [-0.4, -0.2) is 44.5 Å². The van der Waals surface area contributed by atoms with Crippen molar-refractivity contribution in [2.75, 3.05) is 27.3 Å². The fourth-order valence-electron chi connectivity index (χ4n) is 2.89. The number of methoxy groups -OCH3 is 2. The van der Waals surface area contributed by atoms with E-state index in [1.807, 2.05) is 0 Å². The zero-order chi connectivity index (χ0) is 15.9. The lowest BCUT2D eigenvalue weighted by Gasteiger charge is -2.36. The summed E-state index contributed by atoms with van der Waals surface area (Å²) in [6.45, 7) is 9.14. The molecule has 0 aromatic carbocycles. The van der Waals surface area contributed by atoms with Gasteiger partial charge in [0, 0.05) is 14.2 Å². The van der Waals surface area contributed by atoms with Crippen LogP contribution in [0.3, 0.4) is 0 Å². The van der Waals surface area contributed by atoms with Crippen molar-refractivity contribution in [2.24, 2.45) is 0 Å². The second kappa shape index (κ2) is 14.8. The zero-order valence-electron chi connectivity index (χ0n) is 15.2. The summed E-state index contributed by atoms with van der Waals surface area (Å²) in [5.41, 5.74) is 0. The molecule has 0 saturated heterocycles. The van der Waals surface area contributed by atoms with E-state index in [-0.39, 0.29) is 6.29 Å². The Balaban J connectivity index is 4.67. The van der Waals surface area contributed by atoms with Gasteiger partial charge in [0.05, 0.1) is 6.04 Å². The molecule has 3 nitrogen and oxygen atoms in total. The maximum absolute atomic E-state index is 5.59. The molecule has 0 bridgehead atoms. The van der Waals surface area contributed by atoms with Gasteiger partial charge in [0.2, 0.25) is 0 Å². The fourth-order valence-corrected chi connectivity index (χ4v) is 2.89. The minimum atomic E-state index is -0.0974. The van der Waals surface area contributed by atoms with Crippen LogP contribution in [0.4, 0.5) is 0 Å². The van der Waals surface area contributed by atoms with Gasteiger partial charge in [0.15, 0.2) is 6.29 Å². The van der Waals surface area contributed by atoms with Crippen LogP contribution in [0.5, 0.6) is 0 Å². The van der Waals surface area contributed by atoms with Crippen LogP contribution >= 0.6 is 0 Å². The van der Waals surface area contributed by atoms with Gasteiger partial charge in [0.25, 0.3) is 0 Å². The van der Waals surface area contributed by atoms with Crippen LogP contribution in [0, 0.1) is 0 Å². The summed E-state index contributed by atoms with van der Waals surface area (Å²) >= 11 is 0. The van der Waals surface area contributed by atoms with Gasteiger partial charge >= 0.3 is 0 Å². The highest BCUT2D eigenvalue weighted by molar-refractivity contribution is 4.75. The number of hydrogen-bond acceptors (Lipinski definition) is 3. The molecule has 0 radical (unpaired) electrons. The van der Waals surface area contributed by atoms with Crippen molar-refractivity contribution in [1.29, 1.82) is 0 Å². The van der Waals surface area contributed by atoms with Gasteiger partial charge in [-0.2, -0.15) is 0 Å². The zero-order valence-corrected chi connectivity index (χ0v) is 15.2. The van der Waals surface area contributed by atoms with Crippen LogP contribution < -0.4 is 0 Å². The molecule has 0 aliphatic heterocycles. The summed E-state index contributed by atoms with van der Waals surface area (Å²) < 4.78 is 11.2. The standard InChI is InChI=1S/C18H39NO2/c1-6-9-12-15-19(16-13-10-7-2)17(14-11-8-3)18(20-4)21-5/h17-18H,6-16H2,1-5H3. The summed E-state index contributed by atoms with van der Waals surface area (Å²) in [5, 5.41) is 0. The first kappa shape index (κ1) is 20.9. The summed E-state index contributed by atoms with van der Waals surface area (Å²) in [5.74, 6) is 0. The highest BCUT2D eigenvalue weighted by atomic mass is 16.7. The lowest BCUT2D eigenvalue weighted by molar-refractivity contribution is -0.149. The number of hydrogen-bond donors (Lipinski definition) is 0. The maximum Gasteiger partial charge on any atom is 0.172 e. The predicted molar refractivity (Wildman–Crippen MR) is 91.7 cm³/mol. The van der Waals surface area contributed by atoms with Gasteiger partial charge < -0.3 is 9.47 Å². The molecule has 3 heteroatoms. The Morgan fingerprint density at radius 3 is 1.57 bits per heavy atom. The van der Waals surface area contributed by atoms with Crippen LogP contribution in [0.1, 0.15) is 78.6 Å². The third-order valence-corrected chi connectivity index (χ3v) is 4.20. The van der Waals surface area contributed by atoms with Gasteiger partial charge in [-0.15, -0.1) is 0 Å². The Morgan fingerprint density at radius 1 is 0.714 bits per heavy atom. The first-order valence-corrected chi connectivity index (χ1v) is 9.04. The van der Waals surface area contributed by atoms with Gasteiger partial charge in [0.1, 0.15) is 0 Å². The van der Waals surface area contributed by atoms with Gasteiger partial charge in [-0.05, 0) is 32.4 Å². The Bertz CT molecular complexity index is 197. The van der Waals surface area contributed by atoms with E-state index >= 15 is 0 Å². The smallest absolute Gasteiger partial charge is 0.172 e. The fraction of sp³-hybridized carbons (Fsp3) is 1.00. The Hall–Kier alpha value is -0.120. The monoisotopic (exact) mass is 301 g/mol. The predicted octanol–water partition coefficient (Wildman–Crippen LogP) is 4.85. The molecule has 1 atom stereocenters. The van der Waals surface area contributed by atoms with E-state index in [2.05, 4.69) is 25.7 Å². The average Bonchev–Trinajstić information content (AvgIpc) is 2.50. The van der Waals surface area contributed by atoms with E-state index in [1.165, 1.54) is 70.9 Å². The molecule has 0 aromatic rings. The molecule has 0 aromatic heterocycles. The third kappa shape index (κ3) is 9.49. The number of ether oxygens (including phenoxy) is 2. The quantitative estimate of drug-likeness (QED) is 0.319. The molecule has 0 aliphatic rings. The van der Waals surface area contributed by atoms with Gasteiger partial charge in [-0.1, -0.05) is 59.3 Å². The highest BCUT2D eigenvalue weighted by Gasteiger charge is 2.26. The summed E-state index contributed by atoms with van der Waals surface area (Å²) in [7, 11) is 3.53. The second-order valence-electron chi connectivity index (χ2n) is 6.00. The van der Waals surface area contributed by atoms with Crippen molar-refractivity contribution in [3.05, 3.63) is 0 Å². The summed E-state index contributed by atoms with van der Waals surface area (Å²) in [6.07, 6.45) is 11.3. The third-order valence-electron chi connectivity index (χ3n) is 4.20. The SMILES string of the molecule is CCCCCN(CCCCC)C(CCCC)C(OC)OC. The topological polar surface area (TPSA) is 21.7 Å². The van der Waals surface area contributed by atoms with Gasteiger partial charge in [-0.25, -0.2) is 0 Å². The lowest BCUT2D eigenvalue weighted by Crippen LogP contribution is -2.46. The van der Waals surface area contributed by atoms with Crippen molar-refractivity contribution >= 4 is 0 Å². The van der Waals surface area contributed by atoms with Crippen LogP contribution in [0.15, 0.2) is 0 Å². The molecule has 0 rings (SSSR count). The highest BCUT2D eigenvalue weighted by Crippen LogP contribution is 2.18. The molecular weight excluding hydrogens is 262 g/mol. The first-order valence-electron chi connectivity index (χ1n) is 9.04. The van der Waals surface area contributed by atoms with E-state index in [1.54, 1.807) is 14.2 Å². The summed E-state index contributed by atoms with van der Waals surface area (Å²) in [6, 6.07) is 0.397. The molecule has 0 amide bonds. The molecular formula is C18H39NO2.